The molecule has 0 unspecified atom stereocenters. The Morgan fingerprint density at radius 1 is 1.00 bits per heavy atom. The molecular formula is C19H16N4S. The number of hydrogen-bond acceptors (Lipinski definition) is 5. The van der Waals surface area contributed by atoms with Crippen molar-refractivity contribution in [1.82, 2.24) is 15.0 Å². The van der Waals surface area contributed by atoms with E-state index in [9.17, 15) is 0 Å². The molecule has 0 amide bonds. The Bertz CT molecular complexity index is 965. The lowest BCUT2D eigenvalue weighted by molar-refractivity contribution is 1.05. The fourth-order valence-electron chi connectivity index (χ4n) is 2.59. The van der Waals surface area contributed by atoms with Gasteiger partial charge in [0.1, 0.15) is 16.5 Å². The van der Waals surface area contributed by atoms with Gasteiger partial charge < -0.3 is 5.32 Å². The standard InChI is InChI=1S/C19H16N4S/c1-13-22-18(21-12-14-7-9-20-10-8-14)16-11-17(24-19(16)23-13)15-5-3-2-4-6-15/h2-11H,12H2,1H3,(H,21,22,23). The smallest absolute Gasteiger partial charge is 0.138 e. The van der Waals surface area contributed by atoms with Crippen molar-refractivity contribution in [3.8, 4) is 10.4 Å². The molecule has 0 aliphatic heterocycles. The third-order valence-electron chi connectivity index (χ3n) is 3.77. The van der Waals surface area contributed by atoms with E-state index in [2.05, 4.69) is 50.6 Å². The Kier molecular flexibility index (Phi) is 3.92. The van der Waals surface area contributed by atoms with Gasteiger partial charge in [0.15, 0.2) is 0 Å². The van der Waals surface area contributed by atoms with Gasteiger partial charge in [-0.15, -0.1) is 11.3 Å². The maximum absolute atomic E-state index is 4.59. The first-order chi connectivity index (χ1) is 11.8. The van der Waals surface area contributed by atoms with Gasteiger partial charge in [-0.25, -0.2) is 9.97 Å². The third-order valence-corrected chi connectivity index (χ3v) is 4.85. The summed E-state index contributed by atoms with van der Waals surface area (Å²) in [6, 6.07) is 16.6. The largest absolute Gasteiger partial charge is 0.365 e. The van der Waals surface area contributed by atoms with Crippen molar-refractivity contribution in [2.75, 3.05) is 5.32 Å². The highest BCUT2D eigenvalue weighted by atomic mass is 32.1. The minimum atomic E-state index is 0.713. The number of rotatable bonds is 4. The van der Waals surface area contributed by atoms with Gasteiger partial charge in [0.25, 0.3) is 0 Å². The molecule has 3 aromatic heterocycles. The first kappa shape index (κ1) is 14.8. The van der Waals surface area contributed by atoms with Gasteiger partial charge in [0.05, 0.1) is 5.39 Å². The van der Waals surface area contributed by atoms with E-state index in [-0.39, 0.29) is 0 Å². The highest BCUT2D eigenvalue weighted by molar-refractivity contribution is 7.21. The lowest BCUT2D eigenvalue weighted by Gasteiger charge is -2.07. The molecule has 4 rings (SSSR count). The van der Waals surface area contributed by atoms with Crippen LogP contribution in [0.3, 0.4) is 0 Å². The van der Waals surface area contributed by atoms with Gasteiger partial charge in [-0.1, -0.05) is 30.3 Å². The summed E-state index contributed by atoms with van der Waals surface area (Å²) in [6.07, 6.45) is 3.60. The molecule has 0 spiro atoms. The second kappa shape index (κ2) is 6.37. The molecule has 24 heavy (non-hydrogen) atoms. The fraction of sp³-hybridized carbons (Fsp3) is 0.105. The van der Waals surface area contributed by atoms with Crippen molar-refractivity contribution in [2.45, 2.75) is 13.5 Å². The molecule has 0 atom stereocenters. The predicted molar refractivity (Wildman–Crippen MR) is 99.2 cm³/mol. The van der Waals surface area contributed by atoms with Crippen molar-refractivity contribution in [2.24, 2.45) is 0 Å². The topological polar surface area (TPSA) is 50.7 Å². The molecule has 0 aliphatic rings. The van der Waals surface area contributed by atoms with E-state index in [0.29, 0.717) is 6.54 Å². The van der Waals surface area contributed by atoms with Crippen LogP contribution in [0.1, 0.15) is 11.4 Å². The number of aromatic nitrogens is 3. The van der Waals surface area contributed by atoms with Gasteiger partial charge in [0.2, 0.25) is 0 Å². The zero-order chi connectivity index (χ0) is 16.4. The van der Waals surface area contributed by atoms with Crippen LogP contribution in [0.2, 0.25) is 0 Å². The number of aryl methyl sites for hydroxylation is 1. The molecule has 0 aliphatic carbocycles. The monoisotopic (exact) mass is 332 g/mol. The van der Waals surface area contributed by atoms with E-state index < -0.39 is 0 Å². The summed E-state index contributed by atoms with van der Waals surface area (Å²) in [4.78, 5) is 15.5. The predicted octanol–water partition coefficient (Wildman–Crippen LogP) is 4.67. The van der Waals surface area contributed by atoms with E-state index in [1.54, 1.807) is 23.7 Å². The van der Waals surface area contributed by atoms with Gasteiger partial charge in [0, 0.05) is 23.8 Å². The normalized spacial score (nSPS) is 10.9. The molecule has 4 nitrogen and oxygen atoms in total. The highest BCUT2D eigenvalue weighted by Crippen LogP contribution is 2.35. The second-order valence-corrected chi connectivity index (χ2v) is 6.55. The zero-order valence-electron chi connectivity index (χ0n) is 13.2. The van der Waals surface area contributed by atoms with E-state index in [1.807, 2.05) is 25.1 Å². The van der Waals surface area contributed by atoms with Crippen molar-refractivity contribution in [3.05, 3.63) is 72.3 Å². The lowest BCUT2D eigenvalue weighted by Crippen LogP contribution is -2.03. The van der Waals surface area contributed by atoms with Crippen molar-refractivity contribution >= 4 is 27.4 Å². The van der Waals surface area contributed by atoms with Gasteiger partial charge >= 0.3 is 0 Å². The second-order valence-electron chi connectivity index (χ2n) is 5.52. The summed E-state index contributed by atoms with van der Waals surface area (Å²) in [5, 5.41) is 4.51. The van der Waals surface area contributed by atoms with Crippen LogP contribution in [0.4, 0.5) is 5.82 Å². The van der Waals surface area contributed by atoms with Gasteiger partial charge in [-0.2, -0.15) is 0 Å². The zero-order valence-corrected chi connectivity index (χ0v) is 14.0. The number of hydrogen-bond donors (Lipinski definition) is 1. The summed E-state index contributed by atoms with van der Waals surface area (Å²) in [7, 11) is 0. The quantitative estimate of drug-likeness (QED) is 0.590. The summed E-state index contributed by atoms with van der Waals surface area (Å²) < 4.78 is 0. The number of anilines is 1. The minimum absolute atomic E-state index is 0.713. The molecule has 1 N–H and O–H groups in total. The van der Waals surface area contributed by atoms with Crippen LogP contribution < -0.4 is 5.32 Å². The SMILES string of the molecule is Cc1nc(NCc2ccncc2)c2cc(-c3ccccc3)sc2n1. The molecule has 118 valence electrons. The number of pyridine rings is 1. The lowest BCUT2D eigenvalue weighted by atomic mass is 10.2. The van der Waals surface area contributed by atoms with E-state index in [0.717, 1.165) is 21.9 Å². The van der Waals surface area contributed by atoms with E-state index in [1.165, 1.54) is 16.0 Å². The summed E-state index contributed by atoms with van der Waals surface area (Å²) in [6.45, 7) is 2.64. The van der Waals surface area contributed by atoms with E-state index >= 15 is 0 Å². The molecule has 0 bridgehead atoms. The van der Waals surface area contributed by atoms with Crippen LogP contribution >= 0.6 is 11.3 Å². The summed E-state index contributed by atoms with van der Waals surface area (Å²) >= 11 is 1.70. The Balaban J connectivity index is 1.71. The fourth-order valence-corrected chi connectivity index (χ4v) is 3.68. The first-order valence-electron chi connectivity index (χ1n) is 7.76. The van der Waals surface area contributed by atoms with Gasteiger partial charge in [-0.05, 0) is 36.2 Å². The first-order valence-corrected chi connectivity index (χ1v) is 8.57. The Hall–Kier alpha value is -2.79. The molecule has 0 saturated carbocycles. The number of nitrogens with one attached hydrogen (secondary N) is 1. The summed E-state index contributed by atoms with van der Waals surface area (Å²) in [5.74, 6) is 1.66. The molecule has 0 fully saturated rings. The van der Waals surface area contributed by atoms with Crippen LogP contribution in [0.5, 0.6) is 0 Å². The third kappa shape index (κ3) is 2.98. The number of fused-ring (bicyclic) bond motifs is 1. The Morgan fingerprint density at radius 3 is 2.58 bits per heavy atom. The maximum Gasteiger partial charge on any atom is 0.138 e. The molecule has 1 aromatic carbocycles. The van der Waals surface area contributed by atoms with E-state index in [4.69, 9.17) is 0 Å². The highest BCUT2D eigenvalue weighted by Gasteiger charge is 2.11. The molecule has 4 aromatic rings. The van der Waals surface area contributed by atoms with Crippen molar-refractivity contribution < 1.29 is 0 Å². The molecule has 5 heteroatoms. The molecular weight excluding hydrogens is 316 g/mol. The van der Waals surface area contributed by atoms with Crippen LogP contribution in [0, 0.1) is 6.92 Å². The molecule has 0 saturated heterocycles. The van der Waals surface area contributed by atoms with Crippen LogP contribution in [-0.4, -0.2) is 15.0 Å². The van der Waals surface area contributed by atoms with Crippen LogP contribution in [0.15, 0.2) is 60.9 Å². The molecule has 0 radical (unpaired) electrons. The van der Waals surface area contributed by atoms with Crippen LogP contribution in [-0.2, 0) is 6.54 Å². The minimum Gasteiger partial charge on any atom is -0.365 e. The number of benzene rings is 1. The summed E-state index contributed by atoms with van der Waals surface area (Å²) in [5.41, 5.74) is 2.38. The Labute approximate surface area is 144 Å². The Morgan fingerprint density at radius 2 is 1.79 bits per heavy atom. The average molecular weight is 332 g/mol. The van der Waals surface area contributed by atoms with Crippen molar-refractivity contribution in [3.63, 3.8) is 0 Å². The maximum atomic E-state index is 4.59. The van der Waals surface area contributed by atoms with Crippen molar-refractivity contribution in [1.29, 1.82) is 0 Å². The number of nitrogens with zero attached hydrogens (tertiary/aromatic N) is 3. The number of thiophene rings is 1. The van der Waals surface area contributed by atoms with Gasteiger partial charge in [-0.3, -0.25) is 4.98 Å². The average Bonchev–Trinajstić information content (AvgIpc) is 3.05. The molecule has 3 heterocycles. The van der Waals surface area contributed by atoms with Crippen LogP contribution in [0.25, 0.3) is 20.7 Å².